The number of hydrogen-bond donors (Lipinski definition) is 3. The maximum atomic E-state index is 12.5. The number of carbonyl (C=O) groups is 2. The fraction of sp³-hybridized carbons (Fsp3) is 0.0667. The summed E-state index contributed by atoms with van der Waals surface area (Å²) < 4.78 is 0.323. The third-order valence-electron chi connectivity index (χ3n) is 3.47. The van der Waals surface area contributed by atoms with Crippen molar-refractivity contribution in [2.75, 3.05) is 0 Å². The number of ketones is 2. The fourth-order valence-corrected chi connectivity index (χ4v) is 2.80. The number of phenols is 3. The van der Waals surface area contributed by atoms with Crippen LogP contribution in [0.4, 0.5) is 0 Å². The molecule has 3 rings (SSSR count). The lowest BCUT2D eigenvalue weighted by Crippen LogP contribution is -2.21. The summed E-state index contributed by atoms with van der Waals surface area (Å²) in [5.74, 6) is -2.33. The molecule has 106 valence electrons. The average Bonchev–Trinajstić information content (AvgIpc) is 2.41. The van der Waals surface area contributed by atoms with Gasteiger partial charge >= 0.3 is 0 Å². The zero-order valence-corrected chi connectivity index (χ0v) is 12.4. The van der Waals surface area contributed by atoms with E-state index >= 15 is 0 Å². The molecule has 0 saturated heterocycles. The molecule has 5 nitrogen and oxygen atoms in total. The lowest BCUT2D eigenvalue weighted by Gasteiger charge is -2.20. The number of hydrogen-bond acceptors (Lipinski definition) is 5. The first-order valence-electron chi connectivity index (χ1n) is 6.00. The lowest BCUT2D eigenvalue weighted by atomic mass is 9.82. The molecule has 0 amide bonds. The number of fused-ring (bicyclic) bond motifs is 2. The van der Waals surface area contributed by atoms with Gasteiger partial charge in [0.15, 0.2) is 5.78 Å². The third kappa shape index (κ3) is 1.76. The Hall–Kier alpha value is -2.34. The summed E-state index contributed by atoms with van der Waals surface area (Å²) in [5, 5.41) is 29.5. The number of aromatic hydroxyl groups is 3. The Balaban J connectivity index is 2.42. The van der Waals surface area contributed by atoms with E-state index in [-0.39, 0.29) is 33.8 Å². The molecule has 0 saturated carbocycles. The minimum Gasteiger partial charge on any atom is -0.508 e. The van der Waals surface area contributed by atoms with Gasteiger partial charge in [0.05, 0.1) is 15.6 Å². The van der Waals surface area contributed by atoms with Crippen molar-refractivity contribution in [3.63, 3.8) is 0 Å². The molecule has 1 aliphatic rings. The van der Waals surface area contributed by atoms with E-state index in [0.29, 0.717) is 10.0 Å². The maximum Gasteiger partial charge on any atom is 0.202 e. The molecule has 2 aromatic carbocycles. The van der Waals surface area contributed by atoms with Gasteiger partial charge in [-0.2, -0.15) is 0 Å². The Bertz CT molecular complexity index is 839. The van der Waals surface area contributed by atoms with Crippen LogP contribution in [-0.4, -0.2) is 26.9 Å². The number of aryl methyl sites for hydroxylation is 1. The van der Waals surface area contributed by atoms with Gasteiger partial charge in [0.25, 0.3) is 0 Å². The summed E-state index contributed by atoms with van der Waals surface area (Å²) in [6, 6.07) is 3.60. The van der Waals surface area contributed by atoms with Gasteiger partial charge in [-0.15, -0.1) is 0 Å². The van der Waals surface area contributed by atoms with E-state index in [1.165, 1.54) is 6.07 Å². The molecule has 0 bridgehead atoms. The number of halogens is 1. The minimum absolute atomic E-state index is 0.0516. The highest BCUT2D eigenvalue weighted by Gasteiger charge is 2.35. The summed E-state index contributed by atoms with van der Waals surface area (Å²) in [5.41, 5.74) is 0.212. The number of benzene rings is 2. The van der Waals surface area contributed by atoms with Crippen molar-refractivity contribution in [3.8, 4) is 17.2 Å². The highest BCUT2D eigenvalue weighted by molar-refractivity contribution is 9.10. The molecular weight excluding hydrogens is 340 g/mol. The second-order valence-electron chi connectivity index (χ2n) is 4.82. The minimum atomic E-state index is -0.657. The first kappa shape index (κ1) is 13.6. The summed E-state index contributed by atoms with van der Waals surface area (Å²) >= 11 is 3.16. The first-order valence-corrected chi connectivity index (χ1v) is 6.79. The molecule has 3 N–H and O–H groups in total. The van der Waals surface area contributed by atoms with Gasteiger partial charge < -0.3 is 15.3 Å². The summed E-state index contributed by atoms with van der Waals surface area (Å²) in [4.78, 5) is 25.0. The summed E-state index contributed by atoms with van der Waals surface area (Å²) in [7, 11) is 0. The van der Waals surface area contributed by atoms with Crippen molar-refractivity contribution >= 4 is 27.5 Å². The quantitative estimate of drug-likeness (QED) is 0.580. The highest BCUT2D eigenvalue weighted by atomic mass is 79.9. The van der Waals surface area contributed by atoms with Crippen molar-refractivity contribution in [2.45, 2.75) is 6.92 Å². The van der Waals surface area contributed by atoms with Crippen molar-refractivity contribution in [1.82, 2.24) is 0 Å². The van der Waals surface area contributed by atoms with E-state index in [9.17, 15) is 24.9 Å². The van der Waals surface area contributed by atoms with Crippen molar-refractivity contribution in [3.05, 3.63) is 50.5 Å². The molecular formula is C15H9BrO5. The van der Waals surface area contributed by atoms with Gasteiger partial charge in [0, 0.05) is 17.2 Å². The molecule has 0 aliphatic heterocycles. The zero-order valence-electron chi connectivity index (χ0n) is 10.8. The smallest absolute Gasteiger partial charge is 0.202 e. The van der Waals surface area contributed by atoms with E-state index < -0.39 is 17.3 Å². The predicted molar refractivity (Wildman–Crippen MR) is 77.2 cm³/mol. The predicted octanol–water partition coefficient (Wildman–Crippen LogP) is 2.65. The number of phenolic OH excluding ortho intramolecular Hbond substituents is 3. The van der Waals surface area contributed by atoms with Crippen LogP contribution in [0.1, 0.15) is 37.4 Å². The Kier molecular flexibility index (Phi) is 2.81. The van der Waals surface area contributed by atoms with Crippen molar-refractivity contribution < 1.29 is 24.9 Å². The van der Waals surface area contributed by atoms with E-state index in [4.69, 9.17) is 0 Å². The third-order valence-corrected chi connectivity index (χ3v) is 4.47. The van der Waals surface area contributed by atoms with Gasteiger partial charge in [-0.05, 0) is 40.5 Å². The van der Waals surface area contributed by atoms with Crippen LogP contribution in [0.5, 0.6) is 17.2 Å². The normalized spacial score (nSPS) is 13.0. The average molecular weight is 349 g/mol. The maximum absolute atomic E-state index is 12.5. The summed E-state index contributed by atoms with van der Waals surface area (Å²) in [6.07, 6.45) is 0. The van der Waals surface area contributed by atoms with Gasteiger partial charge in [0.2, 0.25) is 5.78 Å². The van der Waals surface area contributed by atoms with Crippen LogP contribution in [-0.2, 0) is 0 Å². The van der Waals surface area contributed by atoms with Crippen LogP contribution >= 0.6 is 15.9 Å². The molecule has 2 aromatic rings. The topological polar surface area (TPSA) is 94.8 Å². The molecule has 0 spiro atoms. The number of carbonyl (C=O) groups excluding carboxylic acids is 2. The number of rotatable bonds is 0. The Morgan fingerprint density at radius 2 is 1.52 bits per heavy atom. The first-order chi connectivity index (χ1) is 9.82. The van der Waals surface area contributed by atoms with Gasteiger partial charge in [0.1, 0.15) is 17.2 Å². The molecule has 21 heavy (non-hydrogen) atoms. The molecule has 0 aromatic heterocycles. The van der Waals surface area contributed by atoms with Gasteiger partial charge in [-0.1, -0.05) is 0 Å². The second-order valence-corrected chi connectivity index (χ2v) is 5.62. The monoisotopic (exact) mass is 348 g/mol. The Morgan fingerprint density at radius 1 is 0.905 bits per heavy atom. The lowest BCUT2D eigenvalue weighted by molar-refractivity contribution is 0.0973. The van der Waals surface area contributed by atoms with Crippen molar-refractivity contribution in [2.24, 2.45) is 0 Å². The van der Waals surface area contributed by atoms with Crippen LogP contribution < -0.4 is 0 Å². The van der Waals surface area contributed by atoms with Crippen LogP contribution in [0.15, 0.2) is 22.7 Å². The van der Waals surface area contributed by atoms with E-state index in [0.717, 1.165) is 12.1 Å². The van der Waals surface area contributed by atoms with Crippen molar-refractivity contribution in [1.29, 1.82) is 0 Å². The standard InChI is InChI=1S/C15H9BrO5/c1-5-2-7-11(15(21)12(5)16)14(20)10-8(13(7)19)3-6(17)4-9(10)18/h2-4,17-18,21H,1H3. The van der Waals surface area contributed by atoms with Gasteiger partial charge in [-0.25, -0.2) is 0 Å². The largest absolute Gasteiger partial charge is 0.508 e. The SMILES string of the molecule is Cc1cc2c(c(O)c1Br)C(=O)c1c(O)cc(O)cc1C2=O. The zero-order chi connectivity index (χ0) is 15.5. The van der Waals surface area contributed by atoms with Gasteiger partial charge in [-0.3, -0.25) is 9.59 Å². The van der Waals surface area contributed by atoms with Crippen LogP contribution in [0, 0.1) is 6.92 Å². The molecule has 0 radical (unpaired) electrons. The fourth-order valence-electron chi connectivity index (χ4n) is 2.48. The van der Waals surface area contributed by atoms with Crippen LogP contribution in [0.3, 0.4) is 0 Å². The molecule has 1 aliphatic carbocycles. The molecule has 0 fully saturated rings. The molecule has 0 unspecified atom stereocenters. The van der Waals surface area contributed by atoms with E-state index in [1.54, 1.807) is 6.92 Å². The van der Waals surface area contributed by atoms with Crippen LogP contribution in [0.25, 0.3) is 0 Å². The van der Waals surface area contributed by atoms with E-state index in [2.05, 4.69) is 15.9 Å². The molecule has 6 heteroatoms. The Morgan fingerprint density at radius 3 is 2.19 bits per heavy atom. The summed E-state index contributed by atoms with van der Waals surface area (Å²) in [6.45, 7) is 1.68. The highest BCUT2D eigenvalue weighted by Crippen LogP contribution is 2.42. The van der Waals surface area contributed by atoms with Crippen LogP contribution in [0.2, 0.25) is 0 Å². The molecule has 0 heterocycles. The second kappa shape index (κ2) is 4.33. The molecule has 0 atom stereocenters. The Labute approximate surface area is 127 Å². The van der Waals surface area contributed by atoms with E-state index in [1.807, 2.05) is 0 Å².